The average Bonchev–Trinajstić information content (AvgIpc) is 2.82. The van der Waals surface area contributed by atoms with E-state index in [-0.39, 0.29) is 11.8 Å². The molecule has 1 aliphatic heterocycles. The van der Waals surface area contributed by atoms with Crippen molar-refractivity contribution >= 4 is 23.5 Å². The van der Waals surface area contributed by atoms with E-state index < -0.39 is 6.10 Å². The van der Waals surface area contributed by atoms with Crippen LogP contribution in [0.25, 0.3) is 0 Å². The normalized spacial score (nSPS) is 18.3. The number of aliphatic hydroxyl groups is 1. The number of aliphatic hydroxyl groups excluding tert-OH is 1. The van der Waals surface area contributed by atoms with Crippen molar-refractivity contribution in [2.24, 2.45) is 0 Å². The molecule has 0 saturated carbocycles. The third-order valence-electron chi connectivity index (χ3n) is 3.67. The number of hydrogen-bond donors (Lipinski definition) is 3. The maximum Gasteiger partial charge on any atom is 0.132 e. The van der Waals surface area contributed by atoms with Crippen molar-refractivity contribution < 1.29 is 14.9 Å². The summed E-state index contributed by atoms with van der Waals surface area (Å²) in [7, 11) is 0. The Bertz CT molecular complexity index is 641. The van der Waals surface area contributed by atoms with Gasteiger partial charge >= 0.3 is 0 Å². The molecule has 4 nitrogen and oxygen atoms in total. The van der Waals surface area contributed by atoms with Gasteiger partial charge in [0.1, 0.15) is 18.1 Å². The van der Waals surface area contributed by atoms with E-state index in [1.165, 1.54) is 11.8 Å². The van der Waals surface area contributed by atoms with Gasteiger partial charge in [-0.3, -0.25) is 0 Å². The Morgan fingerprint density at radius 3 is 2.88 bits per heavy atom. The van der Waals surface area contributed by atoms with E-state index >= 15 is 0 Å². The van der Waals surface area contributed by atoms with Crippen LogP contribution >= 0.6 is 23.5 Å². The first kappa shape index (κ1) is 17.5. The van der Waals surface area contributed by atoms with Crippen molar-refractivity contribution in [1.29, 1.82) is 0 Å². The summed E-state index contributed by atoms with van der Waals surface area (Å²) in [6.45, 7) is 1.11. The molecule has 0 radical (unpaired) electrons. The number of ether oxygens (including phenoxy) is 1. The molecule has 2 unspecified atom stereocenters. The monoisotopic (exact) mass is 363 g/mol. The Kier molecular flexibility index (Phi) is 6.31. The van der Waals surface area contributed by atoms with Crippen molar-refractivity contribution in [3.8, 4) is 11.5 Å². The first-order valence-corrected chi connectivity index (χ1v) is 9.86. The molecule has 0 aliphatic carbocycles. The van der Waals surface area contributed by atoms with Crippen LogP contribution in [0.15, 0.2) is 58.3 Å². The summed E-state index contributed by atoms with van der Waals surface area (Å²) in [5.41, 5.74) is 0. The Morgan fingerprint density at radius 1 is 1.21 bits per heavy atom. The number of benzene rings is 2. The van der Waals surface area contributed by atoms with E-state index in [1.54, 1.807) is 23.9 Å². The molecular weight excluding hydrogens is 342 g/mol. The number of aromatic hydroxyl groups is 1. The lowest BCUT2D eigenvalue weighted by Crippen LogP contribution is -2.41. The van der Waals surface area contributed by atoms with Crippen molar-refractivity contribution in [1.82, 2.24) is 5.32 Å². The van der Waals surface area contributed by atoms with Crippen LogP contribution in [0.3, 0.4) is 0 Å². The molecule has 0 amide bonds. The third kappa shape index (κ3) is 4.83. The molecule has 1 heterocycles. The minimum Gasteiger partial charge on any atom is -0.507 e. The van der Waals surface area contributed by atoms with Crippen molar-refractivity contribution in [2.75, 3.05) is 24.7 Å². The molecule has 2 aromatic carbocycles. The van der Waals surface area contributed by atoms with E-state index in [9.17, 15) is 10.2 Å². The molecule has 0 fully saturated rings. The fraction of sp³-hybridized carbons (Fsp3) is 0.333. The first-order valence-electron chi connectivity index (χ1n) is 7.89. The van der Waals surface area contributed by atoms with E-state index in [0.29, 0.717) is 18.9 Å². The van der Waals surface area contributed by atoms with Crippen LogP contribution in [0.4, 0.5) is 0 Å². The van der Waals surface area contributed by atoms with Crippen LogP contribution in [0.1, 0.15) is 0 Å². The number of nitrogens with one attached hydrogen (secondary N) is 1. The number of fused-ring (bicyclic) bond motifs is 1. The van der Waals surface area contributed by atoms with E-state index in [1.807, 2.05) is 30.3 Å². The molecule has 2 atom stereocenters. The summed E-state index contributed by atoms with van der Waals surface area (Å²) in [4.78, 5) is 1.96. The predicted molar refractivity (Wildman–Crippen MR) is 99.3 cm³/mol. The lowest BCUT2D eigenvalue weighted by atomic mass is 10.3. The van der Waals surface area contributed by atoms with Gasteiger partial charge in [0.2, 0.25) is 0 Å². The number of hydrogen-bond acceptors (Lipinski definition) is 6. The Balaban J connectivity index is 1.42. The van der Waals surface area contributed by atoms with Crippen LogP contribution in [-0.4, -0.2) is 47.0 Å². The maximum absolute atomic E-state index is 10.2. The molecule has 0 aromatic heterocycles. The molecule has 3 rings (SSSR count). The van der Waals surface area contributed by atoms with E-state index in [2.05, 4.69) is 11.4 Å². The van der Waals surface area contributed by atoms with Gasteiger partial charge in [-0.15, -0.1) is 23.5 Å². The van der Waals surface area contributed by atoms with Crippen LogP contribution in [-0.2, 0) is 0 Å². The highest BCUT2D eigenvalue weighted by atomic mass is 32.2. The SMILES string of the molecule is Oc1ccccc1SCC(O)CNC1COc2ccccc2SC1. The van der Waals surface area contributed by atoms with Crippen LogP contribution < -0.4 is 10.1 Å². The smallest absolute Gasteiger partial charge is 0.132 e. The molecule has 2 aromatic rings. The Hall–Kier alpha value is -1.34. The summed E-state index contributed by atoms with van der Waals surface area (Å²) in [5, 5.41) is 23.3. The van der Waals surface area contributed by atoms with Crippen molar-refractivity contribution in [3.63, 3.8) is 0 Å². The third-order valence-corrected chi connectivity index (χ3v) is 6.09. The van der Waals surface area contributed by atoms with Crippen LogP contribution in [0, 0.1) is 0 Å². The quantitative estimate of drug-likeness (QED) is 0.686. The summed E-state index contributed by atoms with van der Waals surface area (Å²) in [5.74, 6) is 2.64. The molecule has 128 valence electrons. The van der Waals surface area contributed by atoms with Gasteiger partial charge in [0.15, 0.2) is 0 Å². The van der Waals surface area contributed by atoms with Gasteiger partial charge in [-0.25, -0.2) is 0 Å². The molecule has 0 spiro atoms. The second kappa shape index (κ2) is 8.67. The number of phenols is 1. The number of thioether (sulfide) groups is 2. The number of para-hydroxylation sites is 2. The topological polar surface area (TPSA) is 61.7 Å². The zero-order valence-electron chi connectivity index (χ0n) is 13.2. The highest BCUT2D eigenvalue weighted by molar-refractivity contribution is 7.99. The Morgan fingerprint density at radius 2 is 2.00 bits per heavy atom. The fourth-order valence-corrected chi connectivity index (χ4v) is 4.28. The molecule has 6 heteroatoms. The summed E-state index contributed by atoms with van der Waals surface area (Å²) < 4.78 is 5.84. The summed E-state index contributed by atoms with van der Waals surface area (Å²) >= 11 is 3.23. The molecule has 0 saturated heterocycles. The van der Waals surface area contributed by atoms with Crippen molar-refractivity contribution in [2.45, 2.75) is 21.9 Å². The molecule has 1 aliphatic rings. The lowest BCUT2D eigenvalue weighted by Gasteiger charge is -2.18. The minimum absolute atomic E-state index is 0.201. The largest absolute Gasteiger partial charge is 0.507 e. The lowest BCUT2D eigenvalue weighted by molar-refractivity contribution is 0.183. The van der Waals surface area contributed by atoms with Gasteiger partial charge in [-0.2, -0.15) is 0 Å². The van der Waals surface area contributed by atoms with Gasteiger partial charge < -0.3 is 20.3 Å². The van der Waals surface area contributed by atoms with Crippen LogP contribution in [0.5, 0.6) is 11.5 Å². The van der Waals surface area contributed by atoms with E-state index in [0.717, 1.165) is 21.3 Å². The minimum atomic E-state index is -0.481. The molecular formula is C18H21NO3S2. The molecule has 3 N–H and O–H groups in total. The molecule has 24 heavy (non-hydrogen) atoms. The fourth-order valence-electron chi connectivity index (χ4n) is 2.36. The maximum atomic E-state index is 10.2. The van der Waals surface area contributed by atoms with Gasteiger partial charge in [0.25, 0.3) is 0 Å². The second-order valence-corrected chi connectivity index (χ2v) is 7.73. The standard InChI is InChI=1S/C18H21NO3S2/c20-14(12-24-17-7-3-1-5-15(17)21)9-19-13-10-22-16-6-2-4-8-18(16)23-11-13/h1-8,13-14,19-21H,9-12H2. The predicted octanol–water partition coefficient (Wildman–Crippen LogP) is 2.99. The Labute approximate surface area is 150 Å². The summed E-state index contributed by atoms with van der Waals surface area (Å²) in [6.07, 6.45) is -0.481. The van der Waals surface area contributed by atoms with Gasteiger partial charge in [0, 0.05) is 27.8 Å². The average molecular weight is 364 g/mol. The highest BCUT2D eigenvalue weighted by Gasteiger charge is 2.18. The van der Waals surface area contributed by atoms with Crippen LogP contribution in [0.2, 0.25) is 0 Å². The number of rotatable bonds is 6. The van der Waals surface area contributed by atoms with Gasteiger partial charge in [-0.1, -0.05) is 24.3 Å². The highest BCUT2D eigenvalue weighted by Crippen LogP contribution is 2.32. The van der Waals surface area contributed by atoms with E-state index in [4.69, 9.17) is 4.74 Å². The molecule has 0 bridgehead atoms. The van der Waals surface area contributed by atoms with Gasteiger partial charge in [-0.05, 0) is 24.3 Å². The van der Waals surface area contributed by atoms with Gasteiger partial charge in [0.05, 0.1) is 12.1 Å². The summed E-state index contributed by atoms with van der Waals surface area (Å²) in [6, 6.07) is 15.4. The number of phenolic OH excluding ortho intramolecular Hbond substituents is 1. The zero-order chi connectivity index (χ0) is 16.8. The first-order chi connectivity index (χ1) is 11.7. The second-order valence-electron chi connectivity index (χ2n) is 5.61. The van der Waals surface area contributed by atoms with Crippen molar-refractivity contribution in [3.05, 3.63) is 48.5 Å². The zero-order valence-corrected chi connectivity index (χ0v) is 14.9.